The monoisotopic (exact) mass is 526 g/mol. The molecule has 2 aromatic heterocycles. The number of ether oxygens (including phenoxy) is 3. The molecule has 39 heavy (non-hydrogen) atoms. The summed E-state index contributed by atoms with van der Waals surface area (Å²) in [7, 11) is 8.10. The zero-order chi connectivity index (χ0) is 27.8. The first-order chi connectivity index (χ1) is 18.8. The van der Waals surface area contributed by atoms with Gasteiger partial charge in [0.25, 0.3) is 5.56 Å². The van der Waals surface area contributed by atoms with Gasteiger partial charge in [-0.1, -0.05) is 24.3 Å². The first-order valence-electron chi connectivity index (χ1n) is 12.4. The van der Waals surface area contributed by atoms with Crippen molar-refractivity contribution in [3.05, 3.63) is 82.3 Å². The minimum atomic E-state index is -0.158. The van der Waals surface area contributed by atoms with Gasteiger partial charge in [-0.2, -0.15) is 5.10 Å². The van der Waals surface area contributed by atoms with Crippen molar-refractivity contribution in [1.29, 1.82) is 0 Å². The third-order valence-electron chi connectivity index (χ3n) is 6.93. The van der Waals surface area contributed by atoms with Crippen molar-refractivity contribution in [2.75, 3.05) is 33.3 Å². The normalized spacial score (nSPS) is 11.1. The lowest BCUT2D eigenvalue weighted by molar-refractivity contribution is -0.117. The number of rotatable bonds is 7. The van der Waals surface area contributed by atoms with Crippen LogP contribution in [0.25, 0.3) is 27.5 Å². The molecular weight excluding hydrogens is 496 g/mol. The van der Waals surface area contributed by atoms with Crippen molar-refractivity contribution in [1.82, 2.24) is 14.3 Å². The van der Waals surface area contributed by atoms with Gasteiger partial charge in [-0.25, -0.2) is 0 Å². The zero-order valence-electron chi connectivity index (χ0n) is 22.8. The van der Waals surface area contributed by atoms with Gasteiger partial charge in [-0.15, -0.1) is 0 Å². The summed E-state index contributed by atoms with van der Waals surface area (Å²) >= 11 is 0. The van der Waals surface area contributed by atoms with E-state index in [1.165, 1.54) is 21.3 Å². The van der Waals surface area contributed by atoms with Crippen LogP contribution in [0.5, 0.6) is 17.2 Å². The summed E-state index contributed by atoms with van der Waals surface area (Å²) in [5.41, 5.74) is 4.38. The van der Waals surface area contributed by atoms with E-state index in [4.69, 9.17) is 14.2 Å². The van der Waals surface area contributed by atoms with E-state index in [1.807, 2.05) is 56.4 Å². The van der Waals surface area contributed by atoms with Crippen LogP contribution in [-0.2, 0) is 18.3 Å². The minimum Gasteiger partial charge on any atom is -0.493 e. The van der Waals surface area contributed by atoms with Crippen LogP contribution in [0.4, 0.5) is 5.69 Å². The molecule has 0 aliphatic rings. The SMILES string of the molecule is COc1cc(N(C)C(=O)Cc2cccc(-n3c(=O)c4cn(C)nc4c4c(C)cccc43)c2)cc(OC)c1OC. The van der Waals surface area contributed by atoms with E-state index in [0.717, 1.165) is 22.0 Å². The van der Waals surface area contributed by atoms with Crippen LogP contribution in [0.2, 0.25) is 0 Å². The highest BCUT2D eigenvalue weighted by molar-refractivity contribution is 6.05. The maximum atomic E-state index is 13.7. The van der Waals surface area contributed by atoms with Crippen molar-refractivity contribution < 1.29 is 19.0 Å². The Bertz CT molecular complexity index is 1760. The highest BCUT2D eigenvalue weighted by Gasteiger charge is 2.20. The van der Waals surface area contributed by atoms with Crippen molar-refractivity contribution in [2.45, 2.75) is 13.3 Å². The summed E-state index contributed by atoms with van der Waals surface area (Å²) < 4.78 is 19.6. The molecule has 200 valence electrons. The van der Waals surface area contributed by atoms with E-state index in [1.54, 1.807) is 39.5 Å². The van der Waals surface area contributed by atoms with Crippen LogP contribution in [0.3, 0.4) is 0 Å². The molecule has 0 aliphatic heterocycles. The second-order valence-corrected chi connectivity index (χ2v) is 9.36. The highest BCUT2D eigenvalue weighted by Crippen LogP contribution is 2.41. The van der Waals surface area contributed by atoms with Crippen LogP contribution in [-0.4, -0.2) is 48.6 Å². The number of likely N-dealkylation sites (N-methyl/N-ethyl adjacent to an activating group) is 1. The van der Waals surface area contributed by atoms with Gasteiger partial charge in [0.2, 0.25) is 11.7 Å². The van der Waals surface area contributed by atoms with Crippen LogP contribution in [0, 0.1) is 6.92 Å². The molecule has 5 aromatic rings. The van der Waals surface area contributed by atoms with E-state index in [2.05, 4.69) is 5.10 Å². The fourth-order valence-electron chi connectivity index (χ4n) is 4.97. The molecule has 9 heteroatoms. The van der Waals surface area contributed by atoms with Gasteiger partial charge in [-0.05, 0) is 36.2 Å². The quantitative estimate of drug-likeness (QED) is 0.312. The number of hydrogen-bond acceptors (Lipinski definition) is 6. The summed E-state index contributed by atoms with van der Waals surface area (Å²) in [4.78, 5) is 28.6. The Labute approximate surface area is 225 Å². The lowest BCUT2D eigenvalue weighted by Crippen LogP contribution is -2.28. The lowest BCUT2D eigenvalue weighted by Gasteiger charge is -2.21. The smallest absolute Gasteiger partial charge is 0.266 e. The van der Waals surface area contributed by atoms with Crippen LogP contribution < -0.4 is 24.7 Å². The number of nitrogens with zero attached hydrogens (tertiary/aromatic N) is 4. The molecule has 3 aromatic carbocycles. The number of fused-ring (bicyclic) bond motifs is 3. The molecule has 0 saturated heterocycles. The molecular formula is C30H30N4O5. The zero-order valence-corrected chi connectivity index (χ0v) is 22.8. The molecule has 0 atom stereocenters. The number of carbonyl (C=O) groups excluding carboxylic acids is 1. The van der Waals surface area contributed by atoms with E-state index in [-0.39, 0.29) is 17.9 Å². The third-order valence-corrected chi connectivity index (χ3v) is 6.93. The maximum Gasteiger partial charge on any atom is 0.266 e. The predicted molar refractivity (Wildman–Crippen MR) is 152 cm³/mol. The fraction of sp³-hybridized carbons (Fsp3) is 0.233. The summed E-state index contributed by atoms with van der Waals surface area (Å²) in [5, 5.41) is 6.04. The first kappa shape index (κ1) is 25.8. The minimum absolute atomic E-state index is 0.127. The number of benzene rings is 3. The van der Waals surface area contributed by atoms with E-state index in [9.17, 15) is 9.59 Å². The van der Waals surface area contributed by atoms with Gasteiger partial charge < -0.3 is 19.1 Å². The lowest BCUT2D eigenvalue weighted by atomic mass is 10.1. The maximum absolute atomic E-state index is 13.7. The number of methoxy groups -OCH3 is 3. The standard InChI is InChI=1S/C30H30N4O5/c1-18-9-7-12-23-27(18)28-22(17-32(2)31-28)30(36)34(23)20-11-8-10-19(13-20)14-26(35)33(3)21-15-24(37-4)29(39-6)25(16-21)38-5/h7-13,15-17H,14H2,1-6H3. The van der Waals surface area contributed by atoms with Gasteiger partial charge in [0.15, 0.2) is 11.5 Å². The van der Waals surface area contributed by atoms with E-state index >= 15 is 0 Å². The van der Waals surface area contributed by atoms with Gasteiger partial charge in [0.05, 0.1) is 44.3 Å². The second-order valence-electron chi connectivity index (χ2n) is 9.36. The molecule has 9 nitrogen and oxygen atoms in total. The summed E-state index contributed by atoms with van der Waals surface area (Å²) in [5.74, 6) is 1.23. The molecule has 0 aliphatic carbocycles. The largest absolute Gasteiger partial charge is 0.493 e. The Hall–Kier alpha value is -4.79. The number of carbonyl (C=O) groups is 1. The summed E-state index contributed by atoms with van der Waals surface area (Å²) in [6, 6.07) is 16.8. The topological polar surface area (TPSA) is 87.8 Å². The Balaban J connectivity index is 1.54. The van der Waals surface area contributed by atoms with Crippen LogP contribution in [0.1, 0.15) is 11.1 Å². The molecule has 1 amide bonds. The van der Waals surface area contributed by atoms with Crippen LogP contribution >= 0.6 is 0 Å². The van der Waals surface area contributed by atoms with Crippen molar-refractivity contribution in [3.8, 4) is 22.9 Å². The van der Waals surface area contributed by atoms with Crippen molar-refractivity contribution in [3.63, 3.8) is 0 Å². The van der Waals surface area contributed by atoms with Crippen molar-refractivity contribution >= 4 is 33.4 Å². The third kappa shape index (κ3) is 4.46. The number of amides is 1. The molecule has 0 bridgehead atoms. The number of aryl methyl sites for hydroxylation is 2. The Morgan fingerprint density at radius 3 is 2.33 bits per heavy atom. The predicted octanol–water partition coefficient (Wildman–Crippen LogP) is 4.42. The molecule has 0 spiro atoms. The van der Waals surface area contributed by atoms with E-state index in [0.29, 0.717) is 39.5 Å². The highest BCUT2D eigenvalue weighted by atomic mass is 16.5. The van der Waals surface area contributed by atoms with Gasteiger partial charge in [0.1, 0.15) is 5.52 Å². The molecule has 0 fully saturated rings. The average molecular weight is 527 g/mol. The molecule has 0 unspecified atom stereocenters. The average Bonchev–Trinajstić information content (AvgIpc) is 3.33. The molecule has 2 heterocycles. The Kier molecular flexibility index (Phi) is 6.74. The summed E-state index contributed by atoms with van der Waals surface area (Å²) in [6.07, 6.45) is 1.88. The molecule has 0 saturated carbocycles. The summed E-state index contributed by atoms with van der Waals surface area (Å²) in [6.45, 7) is 2.01. The van der Waals surface area contributed by atoms with Gasteiger partial charge in [-0.3, -0.25) is 18.8 Å². The number of hydrogen-bond donors (Lipinski definition) is 0. The van der Waals surface area contributed by atoms with Gasteiger partial charge in [0, 0.05) is 43.5 Å². The van der Waals surface area contributed by atoms with Gasteiger partial charge >= 0.3 is 0 Å². The molecule has 0 N–H and O–H groups in total. The fourth-order valence-corrected chi connectivity index (χ4v) is 4.97. The first-order valence-corrected chi connectivity index (χ1v) is 12.4. The van der Waals surface area contributed by atoms with E-state index < -0.39 is 0 Å². The van der Waals surface area contributed by atoms with Crippen LogP contribution in [0.15, 0.2) is 65.6 Å². The number of anilines is 1. The molecule has 0 radical (unpaired) electrons. The Morgan fingerprint density at radius 2 is 1.67 bits per heavy atom. The Morgan fingerprint density at radius 1 is 0.974 bits per heavy atom. The second kappa shape index (κ2) is 10.2. The number of aromatic nitrogens is 3. The number of pyridine rings is 1. The van der Waals surface area contributed by atoms with Crippen molar-refractivity contribution in [2.24, 2.45) is 7.05 Å². The molecule has 5 rings (SSSR count).